The van der Waals surface area contributed by atoms with Crippen molar-refractivity contribution >= 4 is 40.8 Å². The number of methoxy groups -OCH3 is 1. The van der Waals surface area contributed by atoms with Crippen LogP contribution < -0.4 is 25.2 Å². The number of nitriles is 1. The van der Waals surface area contributed by atoms with Crippen LogP contribution in [-0.2, 0) is 17.9 Å². The summed E-state index contributed by atoms with van der Waals surface area (Å²) in [5.41, 5.74) is 3.33. The summed E-state index contributed by atoms with van der Waals surface area (Å²) in [5, 5.41) is 25.5. The molecule has 11 heteroatoms. The highest BCUT2D eigenvalue weighted by Gasteiger charge is 2.34. The largest absolute Gasteiger partial charge is 0.508 e. The van der Waals surface area contributed by atoms with E-state index in [9.17, 15) is 20.0 Å². The van der Waals surface area contributed by atoms with E-state index in [4.69, 9.17) is 4.74 Å². The Bertz CT molecular complexity index is 1700. The van der Waals surface area contributed by atoms with E-state index in [0.717, 1.165) is 5.56 Å². The van der Waals surface area contributed by atoms with E-state index in [-0.39, 0.29) is 30.7 Å². The molecule has 1 aliphatic rings. The maximum atomic E-state index is 14.0. The third kappa shape index (κ3) is 5.76. The van der Waals surface area contributed by atoms with Crippen LogP contribution in [-0.4, -0.2) is 34.1 Å². The summed E-state index contributed by atoms with van der Waals surface area (Å²) in [4.78, 5) is 38.0. The van der Waals surface area contributed by atoms with Crippen LogP contribution in [0.4, 0.5) is 33.6 Å². The number of hydrogen-bond acceptors (Lipinski definition) is 8. The number of anilines is 5. The molecule has 0 fully saturated rings. The van der Waals surface area contributed by atoms with Gasteiger partial charge < -0.3 is 20.5 Å². The maximum Gasteiger partial charge on any atom is 0.330 e. The van der Waals surface area contributed by atoms with Crippen LogP contribution in [0.3, 0.4) is 0 Å². The molecular weight excluding hydrogens is 522 g/mol. The lowest BCUT2D eigenvalue weighted by Gasteiger charge is -2.36. The molecule has 41 heavy (non-hydrogen) atoms. The molecular formula is C30H25N7O4. The minimum Gasteiger partial charge on any atom is -0.508 e. The van der Waals surface area contributed by atoms with Crippen LogP contribution in [0, 0.1) is 11.3 Å². The average molecular weight is 548 g/mol. The fourth-order valence-corrected chi connectivity index (χ4v) is 4.39. The molecule has 3 amide bonds. The smallest absolute Gasteiger partial charge is 0.330 e. The molecule has 0 spiro atoms. The summed E-state index contributed by atoms with van der Waals surface area (Å²) in [7, 11) is 1.48. The summed E-state index contributed by atoms with van der Waals surface area (Å²) in [6.07, 6.45) is 2.79. The number of carbonyl (C=O) groups excluding carboxylic acids is 2. The molecule has 11 nitrogen and oxygen atoms in total. The Morgan fingerprint density at radius 2 is 1.98 bits per heavy atom. The first-order valence-corrected chi connectivity index (χ1v) is 12.5. The fourth-order valence-electron chi connectivity index (χ4n) is 4.39. The Morgan fingerprint density at radius 1 is 1.17 bits per heavy atom. The number of ether oxygens (including phenoxy) is 1. The van der Waals surface area contributed by atoms with Gasteiger partial charge in [0.15, 0.2) is 0 Å². The number of hydrogen-bond donors (Lipinski definition) is 3. The standard InChI is InChI=1S/C30H25N7O4/c1-3-27(39)33-25-9-4-5-10-26(25)34-29-32-16-21-18-36(22-12-23(38)14-24(13-22)41-2)30(40)37(28(21)35-29)17-20-8-6-7-19(11-20)15-31/h3-14,16,38H,1,17-18H2,2H3,(H,33,39)(H,32,34,35). The lowest BCUT2D eigenvalue weighted by atomic mass is 10.1. The minimum absolute atomic E-state index is 0.0516. The Balaban J connectivity index is 1.55. The number of rotatable bonds is 8. The lowest BCUT2D eigenvalue weighted by molar-refractivity contribution is -0.111. The molecule has 2 heterocycles. The number of urea groups is 1. The van der Waals surface area contributed by atoms with Gasteiger partial charge in [-0.25, -0.2) is 9.78 Å². The van der Waals surface area contributed by atoms with Crippen molar-refractivity contribution in [1.82, 2.24) is 9.97 Å². The van der Waals surface area contributed by atoms with E-state index < -0.39 is 6.03 Å². The van der Waals surface area contributed by atoms with Crippen molar-refractivity contribution in [2.24, 2.45) is 0 Å². The van der Waals surface area contributed by atoms with Crippen LogP contribution in [0.2, 0.25) is 0 Å². The van der Waals surface area contributed by atoms with Crippen molar-refractivity contribution < 1.29 is 19.4 Å². The molecule has 0 saturated heterocycles. The van der Waals surface area contributed by atoms with Crippen LogP contribution in [0.5, 0.6) is 11.5 Å². The third-order valence-corrected chi connectivity index (χ3v) is 6.32. The Kier molecular flexibility index (Phi) is 7.47. The minimum atomic E-state index is -0.393. The van der Waals surface area contributed by atoms with Gasteiger partial charge in [-0.1, -0.05) is 30.8 Å². The predicted octanol–water partition coefficient (Wildman–Crippen LogP) is 5.08. The molecule has 0 aliphatic carbocycles. The van der Waals surface area contributed by atoms with Gasteiger partial charge in [-0.05, 0) is 35.9 Å². The highest BCUT2D eigenvalue weighted by atomic mass is 16.5. The number of para-hydroxylation sites is 2. The van der Waals surface area contributed by atoms with Gasteiger partial charge in [-0.3, -0.25) is 14.6 Å². The van der Waals surface area contributed by atoms with Gasteiger partial charge in [0.2, 0.25) is 11.9 Å². The van der Waals surface area contributed by atoms with Gasteiger partial charge in [0, 0.05) is 30.0 Å². The van der Waals surface area contributed by atoms with Crippen LogP contribution in [0.25, 0.3) is 0 Å². The van der Waals surface area contributed by atoms with Gasteiger partial charge in [0.1, 0.15) is 17.3 Å². The van der Waals surface area contributed by atoms with E-state index in [1.165, 1.54) is 35.1 Å². The monoisotopic (exact) mass is 547 g/mol. The molecule has 204 valence electrons. The Labute approximate surface area is 236 Å². The second-order valence-electron chi connectivity index (χ2n) is 9.06. The van der Waals surface area contributed by atoms with E-state index in [0.29, 0.717) is 39.8 Å². The highest BCUT2D eigenvalue weighted by molar-refractivity contribution is 6.05. The summed E-state index contributed by atoms with van der Waals surface area (Å²) < 4.78 is 5.29. The van der Waals surface area contributed by atoms with Crippen LogP contribution in [0.1, 0.15) is 16.7 Å². The van der Waals surface area contributed by atoms with Crippen molar-refractivity contribution in [2.45, 2.75) is 13.1 Å². The van der Waals surface area contributed by atoms with Crippen molar-refractivity contribution in [1.29, 1.82) is 5.26 Å². The summed E-state index contributed by atoms with van der Waals surface area (Å²) in [6.45, 7) is 3.75. The lowest BCUT2D eigenvalue weighted by Crippen LogP contribution is -2.47. The third-order valence-electron chi connectivity index (χ3n) is 6.32. The molecule has 5 rings (SSSR count). The van der Waals surface area contributed by atoms with Crippen molar-refractivity contribution in [2.75, 3.05) is 27.5 Å². The number of nitrogens with zero attached hydrogens (tertiary/aromatic N) is 5. The predicted molar refractivity (Wildman–Crippen MR) is 154 cm³/mol. The second-order valence-corrected chi connectivity index (χ2v) is 9.06. The number of phenols is 1. The number of nitrogens with one attached hydrogen (secondary N) is 2. The number of carbonyl (C=O) groups is 2. The molecule has 3 N–H and O–H groups in total. The zero-order chi connectivity index (χ0) is 28.9. The fraction of sp³-hybridized carbons (Fsp3) is 0.100. The summed E-state index contributed by atoms with van der Waals surface area (Å²) in [5.74, 6) is 0.561. The molecule has 3 aromatic carbocycles. The van der Waals surface area contributed by atoms with Crippen molar-refractivity contribution in [3.8, 4) is 17.6 Å². The average Bonchev–Trinajstić information content (AvgIpc) is 2.99. The number of fused-ring (bicyclic) bond motifs is 1. The molecule has 0 unspecified atom stereocenters. The van der Waals surface area contributed by atoms with Gasteiger partial charge in [-0.2, -0.15) is 10.2 Å². The van der Waals surface area contributed by atoms with E-state index in [1.54, 1.807) is 54.7 Å². The van der Waals surface area contributed by atoms with Crippen molar-refractivity contribution in [3.63, 3.8) is 0 Å². The van der Waals surface area contributed by atoms with Gasteiger partial charge in [0.05, 0.1) is 48.9 Å². The molecule has 0 radical (unpaired) electrons. The Hall–Kier alpha value is -5.89. The van der Waals surface area contributed by atoms with Gasteiger partial charge >= 0.3 is 6.03 Å². The first-order chi connectivity index (χ1) is 19.9. The molecule has 1 aromatic heterocycles. The number of aromatic nitrogens is 2. The number of amides is 3. The highest BCUT2D eigenvalue weighted by Crippen LogP contribution is 2.36. The second kappa shape index (κ2) is 11.5. The quantitative estimate of drug-likeness (QED) is 0.259. The topological polar surface area (TPSA) is 144 Å². The molecule has 1 aliphatic heterocycles. The summed E-state index contributed by atoms with van der Waals surface area (Å²) in [6, 6.07) is 20.3. The molecule has 4 aromatic rings. The molecule has 0 bridgehead atoms. The normalized spacial score (nSPS) is 12.2. The maximum absolute atomic E-state index is 14.0. The zero-order valence-electron chi connectivity index (χ0n) is 22.0. The number of aromatic hydroxyl groups is 1. The van der Waals surface area contributed by atoms with Crippen LogP contribution >= 0.6 is 0 Å². The zero-order valence-corrected chi connectivity index (χ0v) is 22.0. The van der Waals surface area contributed by atoms with Crippen molar-refractivity contribution in [3.05, 3.63) is 102 Å². The van der Waals surface area contributed by atoms with Crippen LogP contribution in [0.15, 0.2) is 85.6 Å². The number of benzene rings is 3. The van der Waals surface area contributed by atoms with Gasteiger partial charge in [-0.15, -0.1) is 0 Å². The SMILES string of the molecule is C=CC(=O)Nc1ccccc1Nc1ncc2c(n1)N(Cc1cccc(C#N)c1)C(=O)N(c1cc(O)cc(OC)c1)C2. The summed E-state index contributed by atoms with van der Waals surface area (Å²) >= 11 is 0. The Morgan fingerprint density at radius 3 is 2.73 bits per heavy atom. The number of phenolic OH excluding ortho intramolecular Hbond substituents is 1. The van der Waals surface area contributed by atoms with E-state index in [1.807, 2.05) is 6.07 Å². The van der Waals surface area contributed by atoms with E-state index >= 15 is 0 Å². The first-order valence-electron chi connectivity index (χ1n) is 12.5. The first kappa shape index (κ1) is 26.7. The molecule has 0 atom stereocenters. The van der Waals surface area contributed by atoms with E-state index in [2.05, 4.69) is 33.2 Å². The van der Waals surface area contributed by atoms with Gasteiger partial charge in [0.25, 0.3) is 0 Å². The molecule has 0 saturated carbocycles.